The summed E-state index contributed by atoms with van der Waals surface area (Å²) in [6.45, 7) is 1.14. The highest BCUT2D eigenvalue weighted by Gasteiger charge is 2.19. The van der Waals surface area contributed by atoms with Gasteiger partial charge in [0.05, 0.1) is 18.6 Å². The molecule has 18 heavy (non-hydrogen) atoms. The molecule has 5 heteroatoms. The average Bonchev–Trinajstić information content (AvgIpc) is 2.91. The van der Waals surface area contributed by atoms with Crippen LogP contribution in [0.1, 0.15) is 17.2 Å². The second kappa shape index (κ2) is 4.66. The average molecular weight is 310 g/mol. The van der Waals surface area contributed by atoms with Gasteiger partial charge in [0, 0.05) is 10.0 Å². The van der Waals surface area contributed by atoms with Crippen molar-refractivity contribution >= 4 is 15.9 Å². The number of furan rings is 1. The number of ether oxygens (including phenoxy) is 2. The summed E-state index contributed by atoms with van der Waals surface area (Å²) in [5.41, 5.74) is 8.08. The Morgan fingerprint density at radius 1 is 1.17 bits per heavy atom. The molecule has 1 aliphatic rings. The zero-order valence-corrected chi connectivity index (χ0v) is 11.1. The normalized spacial score (nSPS) is 15.4. The fourth-order valence-corrected chi connectivity index (χ4v) is 2.52. The number of halogens is 1. The molecule has 2 N–H and O–H groups in total. The fraction of sp³-hybridized carbons (Fsp3) is 0.231. The largest absolute Gasteiger partial charge is 0.486 e. The molecule has 2 aromatic rings. The second-order valence-electron chi connectivity index (χ2n) is 4.05. The maximum Gasteiger partial charge on any atom is 0.162 e. The highest BCUT2D eigenvalue weighted by molar-refractivity contribution is 9.10. The smallest absolute Gasteiger partial charge is 0.162 e. The molecule has 94 valence electrons. The van der Waals surface area contributed by atoms with Gasteiger partial charge in [-0.25, -0.2) is 0 Å². The predicted molar refractivity (Wildman–Crippen MR) is 69.9 cm³/mol. The third kappa shape index (κ3) is 2.00. The number of hydrogen-bond acceptors (Lipinski definition) is 4. The van der Waals surface area contributed by atoms with E-state index in [2.05, 4.69) is 15.9 Å². The van der Waals surface area contributed by atoms with Gasteiger partial charge in [-0.2, -0.15) is 0 Å². The zero-order valence-electron chi connectivity index (χ0n) is 9.56. The molecule has 1 atom stereocenters. The number of fused-ring (bicyclic) bond motifs is 1. The summed E-state index contributed by atoms with van der Waals surface area (Å²) in [4.78, 5) is 0. The van der Waals surface area contributed by atoms with Crippen molar-refractivity contribution in [2.45, 2.75) is 6.04 Å². The molecule has 1 aromatic heterocycles. The van der Waals surface area contributed by atoms with Crippen molar-refractivity contribution in [1.29, 1.82) is 0 Å². The molecule has 0 saturated carbocycles. The number of rotatable bonds is 2. The van der Waals surface area contributed by atoms with Gasteiger partial charge in [-0.05, 0) is 23.8 Å². The molecule has 0 saturated heterocycles. The molecule has 0 bridgehead atoms. The van der Waals surface area contributed by atoms with Gasteiger partial charge in [0.1, 0.15) is 13.2 Å². The third-order valence-electron chi connectivity index (χ3n) is 2.90. The molecule has 3 rings (SSSR count). The quantitative estimate of drug-likeness (QED) is 0.926. The first-order chi connectivity index (χ1) is 8.75. The van der Waals surface area contributed by atoms with Crippen LogP contribution < -0.4 is 15.2 Å². The highest BCUT2D eigenvalue weighted by Crippen LogP contribution is 2.38. The number of benzene rings is 1. The van der Waals surface area contributed by atoms with E-state index in [1.165, 1.54) is 0 Å². The SMILES string of the molecule is NC(c1ccoc1)c1cc2c(cc1Br)OCCO2. The van der Waals surface area contributed by atoms with Gasteiger partial charge in [0.2, 0.25) is 0 Å². The summed E-state index contributed by atoms with van der Waals surface area (Å²) in [7, 11) is 0. The maximum atomic E-state index is 6.21. The van der Waals surface area contributed by atoms with E-state index in [4.69, 9.17) is 19.6 Å². The van der Waals surface area contributed by atoms with Gasteiger partial charge in [0.15, 0.2) is 11.5 Å². The molecule has 1 aliphatic heterocycles. The Hall–Kier alpha value is -1.46. The lowest BCUT2D eigenvalue weighted by molar-refractivity contribution is 0.171. The van der Waals surface area contributed by atoms with Crippen LogP contribution in [0.3, 0.4) is 0 Å². The van der Waals surface area contributed by atoms with Gasteiger partial charge < -0.3 is 19.6 Å². The Morgan fingerprint density at radius 3 is 2.56 bits per heavy atom. The summed E-state index contributed by atoms with van der Waals surface area (Å²) < 4.78 is 17.0. The van der Waals surface area contributed by atoms with Crippen LogP contribution in [-0.2, 0) is 0 Å². The van der Waals surface area contributed by atoms with E-state index in [0.717, 1.165) is 27.1 Å². The summed E-state index contributed by atoms with van der Waals surface area (Å²) in [5.74, 6) is 1.48. The van der Waals surface area contributed by atoms with E-state index in [-0.39, 0.29) is 6.04 Å². The van der Waals surface area contributed by atoms with Gasteiger partial charge in [-0.1, -0.05) is 15.9 Å². The van der Waals surface area contributed by atoms with E-state index in [1.807, 2.05) is 18.2 Å². The first-order valence-electron chi connectivity index (χ1n) is 5.62. The van der Waals surface area contributed by atoms with Crippen LogP contribution in [0.4, 0.5) is 0 Å². The molecule has 4 nitrogen and oxygen atoms in total. The predicted octanol–water partition coefficient (Wildman–Crippen LogP) is 2.86. The Balaban J connectivity index is 2.01. The first kappa shape index (κ1) is 11.6. The van der Waals surface area contributed by atoms with E-state index < -0.39 is 0 Å². The Morgan fingerprint density at radius 2 is 1.89 bits per heavy atom. The Kier molecular flexibility index (Phi) is 3.01. The molecule has 0 spiro atoms. The molecule has 0 amide bonds. The Labute approximate surface area is 113 Å². The topological polar surface area (TPSA) is 57.6 Å². The molecule has 1 unspecified atom stereocenters. The minimum atomic E-state index is -0.256. The molecule has 0 fully saturated rings. The molecule has 2 heterocycles. The minimum absolute atomic E-state index is 0.256. The van der Waals surface area contributed by atoms with Gasteiger partial charge in [-0.3, -0.25) is 0 Å². The van der Waals surface area contributed by atoms with Crippen molar-refractivity contribution < 1.29 is 13.9 Å². The van der Waals surface area contributed by atoms with Gasteiger partial charge in [-0.15, -0.1) is 0 Å². The van der Waals surface area contributed by atoms with Crippen molar-refractivity contribution in [2.24, 2.45) is 5.73 Å². The summed E-state index contributed by atoms with van der Waals surface area (Å²) in [6.07, 6.45) is 3.26. The standard InChI is InChI=1S/C13H12BrNO3/c14-10-6-12-11(17-3-4-18-12)5-9(10)13(15)8-1-2-16-7-8/h1-2,5-7,13H,3-4,15H2. The number of hydrogen-bond donors (Lipinski definition) is 1. The lowest BCUT2D eigenvalue weighted by atomic mass is 10.0. The fourth-order valence-electron chi connectivity index (χ4n) is 1.95. The minimum Gasteiger partial charge on any atom is -0.486 e. The zero-order chi connectivity index (χ0) is 12.5. The second-order valence-corrected chi connectivity index (χ2v) is 4.91. The van der Waals surface area contributed by atoms with Crippen molar-refractivity contribution in [2.75, 3.05) is 13.2 Å². The highest BCUT2D eigenvalue weighted by atomic mass is 79.9. The molecular weight excluding hydrogens is 298 g/mol. The lowest BCUT2D eigenvalue weighted by Crippen LogP contribution is -2.17. The van der Waals surface area contributed by atoms with Crippen molar-refractivity contribution in [3.63, 3.8) is 0 Å². The number of nitrogens with two attached hydrogens (primary N) is 1. The lowest BCUT2D eigenvalue weighted by Gasteiger charge is -2.21. The van der Waals surface area contributed by atoms with Crippen molar-refractivity contribution in [3.8, 4) is 11.5 Å². The van der Waals surface area contributed by atoms with Crippen molar-refractivity contribution in [3.05, 3.63) is 46.3 Å². The van der Waals surface area contributed by atoms with E-state index >= 15 is 0 Å². The summed E-state index contributed by atoms with van der Waals surface area (Å²) in [5, 5.41) is 0. The molecule has 1 aromatic carbocycles. The van der Waals surface area contributed by atoms with Crippen LogP contribution in [0.25, 0.3) is 0 Å². The van der Waals surface area contributed by atoms with Crippen molar-refractivity contribution in [1.82, 2.24) is 0 Å². The molecular formula is C13H12BrNO3. The van der Waals surface area contributed by atoms with Gasteiger partial charge in [0.25, 0.3) is 0 Å². The third-order valence-corrected chi connectivity index (χ3v) is 3.59. The van der Waals surface area contributed by atoms with E-state index in [0.29, 0.717) is 13.2 Å². The molecule has 0 aliphatic carbocycles. The van der Waals surface area contributed by atoms with E-state index in [9.17, 15) is 0 Å². The Bertz CT molecular complexity index is 554. The maximum absolute atomic E-state index is 6.21. The first-order valence-corrected chi connectivity index (χ1v) is 6.42. The van der Waals surface area contributed by atoms with Gasteiger partial charge >= 0.3 is 0 Å². The summed E-state index contributed by atoms with van der Waals surface area (Å²) >= 11 is 3.52. The van der Waals surface area contributed by atoms with Crippen LogP contribution in [0.2, 0.25) is 0 Å². The summed E-state index contributed by atoms with van der Waals surface area (Å²) in [6, 6.07) is 5.41. The van der Waals surface area contributed by atoms with Crippen LogP contribution in [0, 0.1) is 0 Å². The molecule has 0 radical (unpaired) electrons. The van der Waals surface area contributed by atoms with E-state index in [1.54, 1.807) is 12.5 Å². The monoisotopic (exact) mass is 309 g/mol. The van der Waals surface area contributed by atoms with Crippen LogP contribution in [0.15, 0.2) is 39.6 Å². The van der Waals surface area contributed by atoms with Crippen LogP contribution in [0.5, 0.6) is 11.5 Å². The van der Waals surface area contributed by atoms with Crippen LogP contribution >= 0.6 is 15.9 Å². The van der Waals surface area contributed by atoms with Crippen LogP contribution in [-0.4, -0.2) is 13.2 Å².